The number of benzene rings is 1. The second-order valence-corrected chi connectivity index (χ2v) is 5.82. The minimum atomic E-state index is -0.489. The van der Waals surface area contributed by atoms with Crippen LogP contribution in [-0.4, -0.2) is 11.8 Å². The topological polar surface area (TPSA) is 71.3 Å². The van der Waals surface area contributed by atoms with Gasteiger partial charge >= 0.3 is 5.91 Å². The number of hydrogen-bond donors (Lipinski definition) is 2. The second kappa shape index (κ2) is 6.50. The summed E-state index contributed by atoms with van der Waals surface area (Å²) in [7, 11) is 0. The van der Waals surface area contributed by atoms with Gasteiger partial charge in [0.2, 0.25) is 0 Å². The quantitative estimate of drug-likeness (QED) is 0.573. The predicted octanol–water partition coefficient (Wildman–Crippen LogP) is 3.28. The zero-order valence-electron chi connectivity index (χ0n) is 12.3. The van der Waals surface area contributed by atoms with Gasteiger partial charge in [0.05, 0.1) is 0 Å². The van der Waals surface area contributed by atoms with E-state index in [9.17, 15) is 9.59 Å². The number of nitrogens with one attached hydrogen (secondary N) is 2. The largest absolute Gasteiger partial charge is 0.451 e. The molecule has 2 heterocycles. The van der Waals surface area contributed by atoms with Gasteiger partial charge in [0.15, 0.2) is 5.76 Å². The SMILES string of the molecule is Cc1c(C(=O)NNC(=O)/C=C/c2cccs2)oc2ccccc12. The number of hydrazine groups is 1. The Kier molecular flexibility index (Phi) is 4.25. The number of rotatable bonds is 3. The highest BCUT2D eigenvalue weighted by atomic mass is 32.1. The van der Waals surface area contributed by atoms with Crippen molar-refractivity contribution >= 4 is 40.2 Å². The maximum absolute atomic E-state index is 12.1. The molecule has 0 aliphatic carbocycles. The van der Waals surface area contributed by atoms with Gasteiger partial charge in [-0.05, 0) is 30.5 Å². The molecule has 116 valence electrons. The Morgan fingerprint density at radius 3 is 2.70 bits per heavy atom. The Labute approximate surface area is 136 Å². The molecular weight excluding hydrogens is 312 g/mol. The summed E-state index contributed by atoms with van der Waals surface area (Å²) in [5.41, 5.74) is 6.06. The second-order valence-electron chi connectivity index (χ2n) is 4.84. The molecule has 0 aliphatic heterocycles. The van der Waals surface area contributed by atoms with Crippen molar-refractivity contribution in [1.82, 2.24) is 10.9 Å². The molecular formula is C17H14N2O3S. The Bertz CT molecular complexity index is 879. The monoisotopic (exact) mass is 326 g/mol. The number of amides is 2. The average Bonchev–Trinajstić information content (AvgIpc) is 3.19. The molecule has 0 bridgehead atoms. The summed E-state index contributed by atoms with van der Waals surface area (Å²) in [5.74, 6) is -0.717. The summed E-state index contributed by atoms with van der Waals surface area (Å²) in [6, 6.07) is 11.2. The highest BCUT2D eigenvalue weighted by Crippen LogP contribution is 2.24. The third kappa shape index (κ3) is 3.32. The highest BCUT2D eigenvalue weighted by molar-refractivity contribution is 7.10. The van der Waals surface area contributed by atoms with E-state index in [-0.39, 0.29) is 5.76 Å². The lowest BCUT2D eigenvalue weighted by atomic mass is 10.1. The highest BCUT2D eigenvalue weighted by Gasteiger charge is 2.17. The van der Waals surface area contributed by atoms with Crippen LogP contribution in [0, 0.1) is 6.92 Å². The Hall–Kier alpha value is -2.86. The van der Waals surface area contributed by atoms with Crippen molar-refractivity contribution in [2.24, 2.45) is 0 Å². The van der Waals surface area contributed by atoms with Crippen LogP contribution >= 0.6 is 11.3 Å². The fourth-order valence-electron chi connectivity index (χ4n) is 2.15. The first-order valence-corrected chi connectivity index (χ1v) is 7.83. The smallest absolute Gasteiger partial charge is 0.305 e. The van der Waals surface area contributed by atoms with Gasteiger partial charge < -0.3 is 4.42 Å². The molecule has 0 saturated heterocycles. The summed E-state index contributed by atoms with van der Waals surface area (Å²) in [6.45, 7) is 1.80. The number of para-hydroxylation sites is 1. The molecule has 2 amide bonds. The molecule has 3 rings (SSSR count). The van der Waals surface area contributed by atoms with Crippen LogP contribution in [0.2, 0.25) is 0 Å². The molecule has 0 spiro atoms. The van der Waals surface area contributed by atoms with Gasteiger partial charge in [-0.3, -0.25) is 20.4 Å². The summed E-state index contributed by atoms with van der Waals surface area (Å²) >= 11 is 1.52. The maximum Gasteiger partial charge on any atom is 0.305 e. The predicted molar refractivity (Wildman–Crippen MR) is 89.9 cm³/mol. The van der Waals surface area contributed by atoms with Gasteiger partial charge in [-0.1, -0.05) is 24.3 Å². The number of carbonyl (C=O) groups excluding carboxylic acids is 2. The van der Waals surface area contributed by atoms with Crippen molar-refractivity contribution in [3.8, 4) is 0 Å². The first-order valence-electron chi connectivity index (χ1n) is 6.95. The molecule has 0 aliphatic rings. The van der Waals surface area contributed by atoms with Gasteiger partial charge in [-0.2, -0.15) is 0 Å². The average molecular weight is 326 g/mol. The van der Waals surface area contributed by atoms with E-state index in [1.807, 2.05) is 35.7 Å². The van der Waals surface area contributed by atoms with Crippen LogP contribution in [0.5, 0.6) is 0 Å². The normalized spacial score (nSPS) is 11.0. The Morgan fingerprint density at radius 2 is 1.96 bits per heavy atom. The molecule has 6 heteroatoms. The summed E-state index contributed by atoms with van der Waals surface area (Å²) in [4.78, 5) is 24.8. The molecule has 3 aromatic rings. The van der Waals surface area contributed by atoms with Crippen LogP contribution in [-0.2, 0) is 4.79 Å². The molecule has 23 heavy (non-hydrogen) atoms. The fourth-order valence-corrected chi connectivity index (χ4v) is 2.77. The first kappa shape index (κ1) is 15.1. The van der Waals surface area contributed by atoms with Crippen LogP contribution in [0.1, 0.15) is 21.0 Å². The molecule has 5 nitrogen and oxygen atoms in total. The lowest BCUT2D eigenvalue weighted by Gasteiger charge is -2.03. The third-order valence-electron chi connectivity index (χ3n) is 3.29. The first-order chi connectivity index (χ1) is 11.1. The zero-order valence-corrected chi connectivity index (χ0v) is 13.1. The van der Waals surface area contributed by atoms with Crippen molar-refractivity contribution in [2.45, 2.75) is 6.92 Å². The lowest BCUT2D eigenvalue weighted by molar-refractivity contribution is -0.117. The standard InChI is InChI=1S/C17H14N2O3S/c1-11-13-6-2-3-7-14(13)22-16(11)17(21)19-18-15(20)9-8-12-5-4-10-23-12/h2-10H,1H3,(H,18,20)(H,19,21)/b9-8+. The van der Waals surface area contributed by atoms with E-state index in [1.54, 1.807) is 19.1 Å². The summed E-state index contributed by atoms with van der Waals surface area (Å²) in [6.07, 6.45) is 3.04. The van der Waals surface area contributed by atoms with Gasteiger partial charge in [0.25, 0.3) is 5.91 Å². The van der Waals surface area contributed by atoms with Crippen LogP contribution in [0.15, 0.2) is 52.3 Å². The third-order valence-corrected chi connectivity index (χ3v) is 4.13. The van der Waals surface area contributed by atoms with Gasteiger partial charge in [0, 0.05) is 21.9 Å². The summed E-state index contributed by atoms with van der Waals surface area (Å²) in [5, 5.41) is 2.80. The Balaban J connectivity index is 1.64. The Morgan fingerprint density at radius 1 is 1.13 bits per heavy atom. The number of carbonyl (C=O) groups is 2. The van der Waals surface area contributed by atoms with Gasteiger partial charge in [0.1, 0.15) is 5.58 Å². The maximum atomic E-state index is 12.1. The van der Waals surface area contributed by atoms with Crippen molar-refractivity contribution in [3.63, 3.8) is 0 Å². The van der Waals surface area contributed by atoms with Crippen molar-refractivity contribution in [1.29, 1.82) is 0 Å². The van der Waals surface area contributed by atoms with Crippen molar-refractivity contribution in [2.75, 3.05) is 0 Å². The molecule has 2 aromatic heterocycles. The van der Waals surface area contributed by atoms with E-state index in [2.05, 4.69) is 10.9 Å². The van der Waals surface area contributed by atoms with Crippen LogP contribution < -0.4 is 10.9 Å². The fraction of sp³-hybridized carbons (Fsp3) is 0.0588. The van der Waals surface area contributed by atoms with Gasteiger partial charge in [-0.15, -0.1) is 11.3 Å². The molecule has 0 saturated carbocycles. The van der Waals surface area contributed by atoms with Crippen molar-refractivity contribution < 1.29 is 14.0 Å². The molecule has 0 radical (unpaired) electrons. The van der Waals surface area contributed by atoms with Gasteiger partial charge in [-0.25, -0.2) is 0 Å². The van der Waals surface area contributed by atoms with Crippen molar-refractivity contribution in [3.05, 3.63) is 64.1 Å². The molecule has 0 atom stereocenters. The zero-order chi connectivity index (χ0) is 16.2. The lowest BCUT2D eigenvalue weighted by Crippen LogP contribution is -2.40. The molecule has 0 fully saturated rings. The van der Waals surface area contributed by atoms with Crippen LogP contribution in [0.3, 0.4) is 0 Å². The molecule has 1 aromatic carbocycles. The number of aryl methyl sites for hydroxylation is 1. The van der Waals surface area contributed by atoms with Crippen LogP contribution in [0.4, 0.5) is 0 Å². The minimum Gasteiger partial charge on any atom is -0.451 e. The number of furan rings is 1. The van der Waals surface area contributed by atoms with E-state index in [0.717, 1.165) is 15.8 Å². The molecule has 0 unspecified atom stereocenters. The number of fused-ring (bicyclic) bond motifs is 1. The van der Waals surface area contributed by atoms with E-state index in [0.29, 0.717) is 5.58 Å². The minimum absolute atomic E-state index is 0.189. The van der Waals surface area contributed by atoms with E-state index < -0.39 is 11.8 Å². The number of hydrogen-bond acceptors (Lipinski definition) is 4. The van der Waals surface area contributed by atoms with E-state index in [1.165, 1.54) is 17.4 Å². The van der Waals surface area contributed by atoms with E-state index in [4.69, 9.17) is 4.42 Å². The molecule has 2 N–H and O–H groups in total. The summed E-state index contributed by atoms with van der Waals surface area (Å²) < 4.78 is 5.53. The number of thiophene rings is 1. The van der Waals surface area contributed by atoms with E-state index >= 15 is 0 Å². The van der Waals surface area contributed by atoms with Crippen LogP contribution in [0.25, 0.3) is 17.0 Å².